The zero-order valence-electron chi connectivity index (χ0n) is 14.5. The van der Waals surface area contributed by atoms with Gasteiger partial charge in [0.2, 0.25) is 17.5 Å². The van der Waals surface area contributed by atoms with Crippen LogP contribution in [0.25, 0.3) is 5.69 Å². The summed E-state index contributed by atoms with van der Waals surface area (Å²) in [4.78, 5) is 13.4. The number of nitrogens with zero attached hydrogens (tertiary/aromatic N) is 4. The van der Waals surface area contributed by atoms with Gasteiger partial charge in [-0.05, 0) is 36.4 Å². The molecule has 0 atom stereocenters. The van der Waals surface area contributed by atoms with Gasteiger partial charge in [-0.1, -0.05) is 54.6 Å². The van der Waals surface area contributed by atoms with Gasteiger partial charge in [-0.3, -0.25) is 0 Å². The molecule has 0 saturated carbocycles. The summed E-state index contributed by atoms with van der Waals surface area (Å²) in [6, 6.07) is 29.2. The van der Waals surface area contributed by atoms with E-state index in [1.54, 1.807) is 0 Å². The molecule has 3 N–H and O–H groups in total. The lowest BCUT2D eigenvalue weighted by Crippen LogP contribution is -2.27. The van der Waals surface area contributed by atoms with Gasteiger partial charge in [0.15, 0.2) is 0 Å². The van der Waals surface area contributed by atoms with Crippen molar-refractivity contribution in [1.82, 2.24) is 14.5 Å². The number of nitrogen functional groups attached to an aromatic ring is 1. The van der Waals surface area contributed by atoms with Crippen LogP contribution in [0.1, 0.15) is 0 Å². The SMILES string of the molecule is Nc1nc(Nc2ccccc2)n(-c2ccccc2)c(=Nc2ccccc2)n1. The standard InChI is InChI=1S/C21H18N6/c22-19-25-20(23-16-10-4-1-5-11-16)27(18-14-8-3-9-15-18)21(26-19)24-17-12-6-2-7-13-17/h1-15H,(H3,22,23,24,25,26). The van der Waals surface area contributed by atoms with Crippen LogP contribution < -0.4 is 16.7 Å². The van der Waals surface area contributed by atoms with E-state index >= 15 is 0 Å². The smallest absolute Gasteiger partial charge is 0.240 e. The molecule has 0 bridgehead atoms. The maximum atomic E-state index is 5.98. The minimum absolute atomic E-state index is 0.148. The Bertz CT molecular complexity index is 1090. The van der Waals surface area contributed by atoms with E-state index in [0.717, 1.165) is 17.1 Å². The van der Waals surface area contributed by atoms with E-state index in [2.05, 4.69) is 20.3 Å². The largest absolute Gasteiger partial charge is 0.368 e. The summed E-state index contributed by atoms with van der Waals surface area (Å²) in [7, 11) is 0. The molecule has 27 heavy (non-hydrogen) atoms. The van der Waals surface area contributed by atoms with Crippen LogP contribution in [0.3, 0.4) is 0 Å². The highest BCUT2D eigenvalue weighted by Gasteiger charge is 2.10. The van der Waals surface area contributed by atoms with E-state index in [-0.39, 0.29) is 5.95 Å². The number of nitrogens with one attached hydrogen (secondary N) is 1. The van der Waals surface area contributed by atoms with E-state index in [1.165, 1.54) is 0 Å². The predicted octanol–water partition coefficient (Wildman–Crippen LogP) is 3.83. The van der Waals surface area contributed by atoms with Gasteiger partial charge < -0.3 is 11.1 Å². The maximum absolute atomic E-state index is 5.98. The first-order valence-corrected chi connectivity index (χ1v) is 8.53. The lowest BCUT2D eigenvalue weighted by Gasteiger charge is -2.15. The zero-order valence-corrected chi connectivity index (χ0v) is 14.5. The molecule has 0 aliphatic heterocycles. The molecule has 0 saturated heterocycles. The van der Waals surface area contributed by atoms with Crippen LogP contribution in [-0.2, 0) is 0 Å². The van der Waals surface area contributed by atoms with Crippen molar-refractivity contribution in [3.63, 3.8) is 0 Å². The minimum Gasteiger partial charge on any atom is -0.368 e. The van der Waals surface area contributed by atoms with Gasteiger partial charge in [-0.15, -0.1) is 0 Å². The minimum atomic E-state index is 0.148. The number of hydrogen-bond donors (Lipinski definition) is 2. The van der Waals surface area contributed by atoms with E-state index < -0.39 is 0 Å². The molecule has 1 heterocycles. The zero-order chi connectivity index (χ0) is 18.5. The Morgan fingerprint density at radius 3 is 2.00 bits per heavy atom. The third-order valence-electron chi connectivity index (χ3n) is 3.88. The molecule has 0 aliphatic rings. The molecule has 0 radical (unpaired) electrons. The Balaban J connectivity index is 1.94. The highest BCUT2D eigenvalue weighted by molar-refractivity contribution is 5.56. The third-order valence-corrected chi connectivity index (χ3v) is 3.88. The molecule has 0 amide bonds. The number of hydrogen-bond acceptors (Lipinski definition) is 5. The van der Waals surface area contributed by atoms with Crippen molar-refractivity contribution in [2.45, 2.75) is 0 Å². The highest BCUT2D eigenvalue weighted by Crippen LogP contribution is 2.17. The van der Waals surface area contributed by atoms with Gasteiger partial charge in [0, 0.05) is 5.69 Å². The molecule has 6 heteroatoms. The lowest BCUT2D eigenvalue weighted by molar-refractivity contribution is 0.847. The molecule has 0 unspecified atom stereocenters. The van der Waals surface area contributed by atoms with Gasteiger partial charge in [0.25, 0.3) is 0 Å². The number of rotatable bonds is 4. The predicted molar refractivity (Wildman–Crippen MR) is 107 cm³/mol. The summed E-state index contributed by atoms with van der Waals surface area (Å²) in [6.07, 6.45) is 0. The Kier molecular flexibility index (Phi) is 4.61. The van der Waals surface area contributed by atoms with Crippen LogP contribution in [0, 0.1) is 0 Å². The van der Waals surface area contributed by atoms with Crippen molar-refractivity contribution < 1.29 is 0 Å². The van der Waals surface area contributed by atoms with E-state index in [9.17, 15) is 0 Å². The second-order valence-electron chi connectivity index (χ2n) is 5.81. The van der Waals surface area contributed by atoms with Crippen molar-refractivity contribution in [1.29, 1.82) is 0 Å². The average Bonchev–Trinajstić information content (AvgIpc) is 2.70. The topological polar surface area (TPSA) is 81.1 Å². The molecule has 6 nitrogen and oxygen atoms in total. The van der Waals surface area contributed by atoms with Crippen LogP contribution in [0.4, 0.5) is 23.3 Å². The fourth-order valence-electron chi connectivity index (χ4n) is 2.67. The van der Waals surface area contributed by atoms with Gasteiger partial charge in [-0.2, -0.15) is 9.97 Å². The van der Waals surface area contributed by atoms with Crippen LogP contribution >= 0.6 is 0 Å². The van der Waals surface area contributed by atoms with Crippen LogP contribution in [0.5, 0.6) is 0 Å². The molecular weight excluding hydrogens is 336 g/mol. The van der Waals surface area contributed by atoms with E-state index in [0.29, 0.717) is 11.6 Å². The first-order valence-electron chi connectivity index (χ1n) is 8.53. The summed E-state index contributed by atoms with van der Waals surface area (Å²) >= 11 is 0. The van der Waals surface area contributed by atoms with Gasteiger partial charge in [-0.25, -0.2) is 9.56 Å². The molecule has 3 aromatic carbocycles. The lowest BCUT2D eigenvalue weighted by atomic mass is 10.3. The van der Waals surface area contributed by atoms with Crippen molar-refractivity contribution >= 4 is 23.3 Å². The number of aromatic nitrogens is 3. The van der Waals surface area contributed by atoms with E-state index in [1.807, 2.05) is 95.6 Å². The molecule has 4 rings (SSSR count). The van der Waals surface area contributed by atoms with Gasteiger partial charge >= 0.3 is 0 Å². The Morgan fingerprint density at radius 2 is 1.33 bits per heavy atom. The Morgan fingerprint density at radius 1 is 0.741 bits per heavy atom. The summed E-state index contributed by atoms with van der Waals surface area (Å²) in [5.74, 6) is 0.685. The van der Waals surface area contributed by atoms with Gasteiger partial charge in [0.1, 0.15) is 0 Å². The fourth-order valence-corrected chi connectivity index (χ4v) is 2.67. The average molecular weight is 354 g/mol. The monoisotopic (exact) mass is 354 g/mol. The van der Waals surface area contributed by atoms with Crippen molar-refractivity contribution in [2.75, 3.05) is 11.1 Å². The van der Waals surface area contributed by atoms with Crippen molar-refractivity contribution in [2.24, 2.45) is 4.99 Å². The second kappa shape index (κ2) is 7.53. The summed E-state index contributed by atoms with van der Waals surface area (Å²) in [5, 5.41) is 3.31. The molecule has 0 fully saturated rings. The molecule has 1 aromatic heterocycles. The fraction of sp³-hybridized carbons (Fsp3) is 0. The van der Waals surface area contributed by atoms with E-state index in [4.69, 9.17) is 5.73 Å². The van der Waals surface area contributed by atoms with Crippen molar-refractivity contribution in [3.05, 3.63) is 96.6 Å². The normalized spacial score (nSPS) is 11.3. The number of nitrogens with two attached hydrogens (primary N) is 1. The third kappa shape index (κ3) is 3.85. The van der Waals surface area contributed by atoms with Crippen LogP contribution in [0.15, 0.2) is 96.0 Å². The molecule has 4 aromatic rings. The summed E-state index contributed by atoms with van der Waals surface area (Å²) < 4.78 is 1.84. The molecular formula is C21H18N6. The van der Waals surface area contributed by atoms with Gasteiger partial charge in [0.05, 0.1) is 11.4 Å². The second-order valence-corrected chi connectivity index (χ2v) is 5.81. The number of benzene rings is 3. The Labute approximate surface area is 156 Å². The molecule has 0 aliphatic carbocycles. The van der Waals surface area contributed by atoms with Crippen LogP contribution in [0.2, 0.25) is 0 Å². The molecule has 132 valence electrons. The Hall–Kier alpha value is -3.93. The highest BCUT2D eigenvalue weighted by atomic mass is 15.3. The number of para-hydroxylation sites is 3. The number of anilines is 3. The summed E-state index contributed by atoms with van der Waals surface area (Å²) in [5.41, 5.74) is 8.98. The van der Waals surface area contributed by atoms with Crippen molar-refractivity contribution in [3.8, 4) is 5.69 Å². The summed E-state index contributed by atoms with van der Waals surface area (Å²) in [6.45, 7) is 0. The first kappa shape index (κ1) is 16.5. The first-order chi connectivity index (χ1) is 13.3. The quantitative estimate of drug-likeness (QED) is 0.584. The van der Waals surface area contributed by atoms with Crippen LogP contribution in [-0.4, -0.2) is 14.5 Å². The maximum Gasteiger partial charge on any atom is 0.240 e. The molecule has 0 spiro atoms.